The second-order valence-electron chi connectivity index (χ2n) is 4.72. The zero-order valence-electron chi connectivity index (χ0n) is 11.0. The highest BCUT2D eigenvalue weighted by Gasteiger charge is 2.16. The molecule has 0 aliphatic heterocycles. The van der Waals surface area contributed by atoms with E-state index in [-0.39, 0.29) is 24.0 Å². The van der Waals surface area contributed by atoms with Gasteiger partial charge in [0.1, 0.15) is 11.6 Å². The van der Waals surface area contributed by atoms with Gasteiger partial charge in [0.25, 0.3) is 0 Å². The first-order valence-electron chi connectivity index (χ1n) is 6.34. The van der Waals surface area contributed by atoms with E-state index in [1.54, 1.807) is 0 Å². The van der Waals surface area contributed by atoms with Gasteiger partial charge < -0.3 is 0 Å². The second kappa shape index (κ2) is 6.69. The number of rotatable bonds is 5. The number of hydrogen-bond donors (Lipinski definition) is 2. The van der Waals surface area contributed by atoms with Crippen LogP contribution in [0.15, 0.2) is 36.4 Å². The Hall–Kier alpha value is -1.92. The van der Waals surface area contributed by atoms with Crippen LogP contribution in [-0.4, -0.2) is 6.04 Å². The monoisotopic (exact) mass is 298 g/mol. The molecule has 0 aromatic heterocycles. The lowest BCUT2D eigenvalue weighted by molar-refractivity contribution is 0.468. The van der Waals surface area contributed by atoms with E-state index in [0.29, 0.717) is 0 Å². The molecule has 0 fully saturated rings. The molecule has 0 spiro atoms. The summed E-state index contributed by atoms with van der Waals surface area (Å²) in [5, 5.41) is 0. The summed E-state index contributed by atoms with van der Waals surface area (Å²) in [5.74, 6) is 2.30. The number of hydrazine groups is 1. The second-order valence-corrected chi connectivity index (χ2v) is 4.72. The molecule has 0 amide bonds. The van der Waals surface area contributed by atoms with Gasteiger partial charge in [0.2, 0.25) is 0 Å². The van der Waals surface area contributed by atoms with Gasteiger partial charge in [-0.25, -0.2) is 17.6 Å². The fourth-order valence-corrected chi connectivity index (χ4v) is 2.13. The van der Waals surface area contributed by atoms with Gasteiger partial charge in [-0.05, 0) is 48.2 Å². The van der Waals surface area contributed by atoms with Crippen LogP contribution in [0.4, 0.5) is 17.6 Å². The standard InChI is InChI=1S/C15H14F4N2/c16-11-4-5-13(17)10(6-11)8-12(21-20)7-9-2-1-3-14(18)15(9)19/h1-6,12,21H,7-8,20H2. The van der Waals surface area contributed by atoms with Crippen LogP contribution in [0.3, 0.4) is 0 Å². The summed E-state index contributed by atoms with van der Waals surface area (Å²) < 4.78 is 53.4. The van der Waals surface area contributed by atoms with Gasteiger partial charge in [0.05, 0.1) is 0 Å². The van der Waals surface area contributed by atoms with Crippen LogP contribution in [0.1, 0.15) is 11.1 Å². The molecule has 0 saturated heterocycles. The highest BCUT2D eigenvalue weighted by Crippen LogP contribution is 2.17. The molecule has 0 aliphatic carbocycles. The first-order valence-corrected chi connectivity index (χ1v) is 6.34. The van der Waals surface area contributed by atoms with Gasteiger partial charge in [0, 0.05) is 6.04 Å². The van der Waals surface area contributed by atoms with Gasteiger partial charge >= 0.3 is 0 Å². The van der Waals surface area contributed by atoms with Gasteiger partial charge in [-0.2, -0.15) is 0 Å². The van der Waals surface area contributed by atoms with E-state index >= 15 is 0 Å². The highest BCUT2D eigenvalue weighted by atomic mass is 19.2. The summed E-state index contributed by atoms with van der Waals surface area (Å²) in [6, 6.07) is 6.33. The van der Waals surface area contributed by atoms with Crippen molar-refractivity contribution >= 4 is 0 Å². The molecule has 2 aromatic rings. The minimum absolute atomic E-state index is 0.0516. The molecule has 6 heteroatoms. The van der Waals surface area contributed by atoms with Crippen molar-refractivity contribution in [3.05, 3.63) is 70.8 Å². The fraction of sp³-hybridized carbons (Fsp3) is 0.200. The quantitative estimate of drug-likeness (QED) is 0.506. The summed E-state index contributed by atoms with van der Waals surface area (Å²) in [6.45, 7) is 0. The van der Waals surface area contributed by atoms with Crippen molar-refractivity contribution in [1.82, 2.24) is 5.43 Å². The first-order chi connectivity index (χ1) is 10.0. The Labute approximate surface area is 119 Å². The molecule has 0 saturated carbocycles. The summed E-state index contributed by atoms with van der Waals surface area (Å²) in [5.41, 5.74) is 2.65. The first kappa shape index (κ1) is 15.5. The Kier molecular flexibility index (Phi) is 4.93. The van der Waals surface area contributed by atoms with Crippen molar-refractivity contribution < 1.29 is 17.6 Å². The predicted octanol–water partition coefficient (Wildman–Crippen LogP) is 2.86. The molecule has 1 unspecified atom stereocenters. The third-order valence-corrected chi connectivity index (χ3v) is 3.21. The Morgan fingerprint density at radius 1 is 0.905 bits per heavy atom. The van der Waals surface area contributed by atoms with E-state index in [1.807, 2.05) is 0 Å². The molecular formula is C15H14F4N2. The number of benzene rings is 2. The average Bonchev–Trinajstić information content (AvgIpc) is 2.46. The number of nitrogens with one attached hydrogen (secondary N) is 1. The zero-order chi connectivity index (χ0) is 15.4. The van der Waals surface area contributed by atoms with Gasteiger partial charge in [-0.15, -0.1) is 0 Å². The van der Waals surface area contributed by atoms with E-state index in [0.717, 1.165) is 24.3 Å². The van der Waals surface area contributed by atoms with Crippen LogP contribution in [0, 0.1) is 23.3 Å². The Morgan fingerprint density at radius 2 is 1.62 bits per heavy atom. The van der Waals surface area contributed by atoms with Crippen molar-refractivity contribution in [2.24, 2.45) is 5.84 Å². The Bertz CT molecular complexity index is 627. The molecule has 0 aliphatic rings. The molecule has 2 rings (SSSR count). The molecule has 1 atom stereocenters. The van der Waals surface area contributed by atoms with E-state index in [9.17, 15) is 17.6 Å². The third kappa shape index (κ3) is 3.80. The van der Waals surface area contributed by atoms with Crippen LogP contribution >= 0.6 is 0 Å². The summed E-state index contributed by atoms with van der Waals surface area (Å²) >= 11 is 0. The van der Waals surface area contributed by atoms with E-state index in [2.05, 4.69) is 5.43 Å². The van der Waals surface area contributed by atoms with Crippen molar-refractivity contribution in [3.8, 4) is 0 Å². The molecule has 2 aromatic carbocycles. The van der Waals surface area contributed by atoms with Gasteiger partial charge in [-0.3, -0.25) is 11.3 Å². The van der Waals surface area contributed by atoms with Crippen molar-refractivity contribution in [2.45, 2.75) is 18.9 Å². The minimum atomic E-state index is -0.961. The smallest absolute Gasteiger partial charge is 0.162 e. The molecule has 2 nitrogen and oxygen atoms in total. The maximum atomic E-state index is 13.6. The number of hydrogen-bond acceptors (Lipinski definition) is 2. The van der Waals surface area contributed by atoms with E-state index in [4.69, 9.17) is 5.84 Å². The van der Waals surface area contributed by atoms with Gasteiger partial charge in [0.15, 0.2) is 11.6 Å². The van der Waals surface area contributed by atoms with Gasteiger partial charge in [-0.1, -0.05) is 12.1 Å². The maximum absolute atomic E-state index is 13.6. The van der Waals surface area contributed by atoms with Crippen LogP contribution in [0.25, 0.3) is 0 Å². The van der Waals surface area contributed by atoms with Crippen LogP contribution < -0.4 is 11.3 Å². The van der Waals surface area contributed by atoms with Crippen molar-refractivity contribution in [2.75, 3.05) is 0 Å². The minimum Gasteiger partial charge on any atom is -0.271 e. The summed E-state index contributed by atoms with van der Waals surface area (Å²) in [7, 11) is 0. The SMILES string of the molecule is NNC(Cc1cc(F)ccc1F)Cc1cccc(F)c1F. The summed E-state index contributed by atoms with van der Waals surface area (Å²) in [4.78, 5) is 0. The normalized spacial score (nSPS) is 12.4. The molecule has 21 heavy (non-hydrogen) atoms. The molecule has 0 bridgehead atoms. The Balaban J connectivity index is 2.17. The third-order valence-electron chi connectivity index (χ3n) is 3.21. The Morgan fingerprint density at radius 3 is 2.33 bits per heavy atom. The largest absolute Gasteiger partial charge is 0.271 e. The lowest BCUT2D eigenvalue weighted by Crippen LogP contribution is -2.39. The average molecular weight is 298 g/mol. The molecule has 112 valence electrons. The van der Waals surface area contributed by atoms with Crippen molar-refractivity contribution in [3.63, 3.8) is 0 Å². The fourth-order valence-electron chi connectivity index (χ4n) is 2.13. The zero-order valence-corrected chi connectivity index (χ0v) is 11.0. The maximum Gasteiger partial charge on any atom is 0.162 e. The molecule has 0 radical (unpaired) electrons. The van der Waals surface area contributed by atoms with Crippen LogP contribution in [0.5, 0.6) is 0 Å². The van der Waals surface area contributed by atoms with Crippen LogP contribution in [0.2, 0.25) is 0 Å². The van der Waals surface area contributed by atoms with E-state index < -0.39 is 29.3 Å². The lowest BCUT2D eigenvalue weighted by Gasteiger charge is -2.17. The van der Waals surface area contributed by atoms with Crippen LogP contribution in [-0.2, 0) is 12.8 Å². The molecular weight excluding hydrogens is 284 g/mol. The number of nitrogens with two attached hydrogens (primary N) is 1. The molecule has 0 heterocycles. The lowest BCUT2D eigenvalue weighted by atomic mass is 9.98. The molecule has 3 N–H and O–H groups in total. The van der Waals surface area contributed by atoms with Crippen molar-refractivity contribution in [1.29, 1.82) is 0 Å². The topological polar surface area (TPSA) is 38.0 Å². The highest BCUT2D eigenvalue weighted by molar-refractivity contribution is 5.23. The predicted molar refractivity (Wildman–Crippen MR) is 71.2 cm³/mol. The number of halogens is 4. The summed E-state index contributed by atoms with van der Waals surface area (Å²) in [6.07, 6.45) is 0.103. The van der Waals surface area contributed by atoms with E-state index in [1.165, 1.54) is 12.1 Å².